The normalized spacial score (nSPS) is 19.8. The fourth-order valence-corrected chi connectivity index (χ4v) is 1.42. The van der Waals surface area contributed by atoms with Crippen LogP contribution in [0.15, 0.2) is 0 Å². The van der Waals surface area contributed by atoms with Gasteiger partial charge >= 0.3 is 6.03 Å². The molecule has 1 N–H and O–H groups in total. The zero-order valence-corrected chi connectivity index (χ0v) is 8.39. The molecule has 1 saturated heterocycles. The molecule has 3 amide bonds. The molecule has 13 heavy (non-hydrogen) atoms. The van der Waals surface area contributed by atoms with Crippen LogP contribution in [0.25, 0.3) is 0 Å². The van der Waals surface area contributed by atoms with Crippen molar-refractivity contribution in [3.8, 4) is 0 Å². The van der Waals surface area contributed by atoms with Crippen molar-refractivity contribution >= 4 is 11.9 Å². The maximum absolute atomic E-state index is 11.5. The first-order chi connectivity index (χ1) is 5.93. The van der Waals surface area contributed by atoms with Crippen LogP contribution in [0.3, 0.4) is 0 Å². The smallest absolute Gasteiger partial charge is 0.324 e. The first kappa shape index (κ1) is 10.0. The Morgan fingerprint density at radius 1 is 1.31 bits per heavy atom. The number of rotatable bonds is 0. The van der Waals surface area contributed by atoms with Gasteiger partial charge in [0.2, 0.25) is 5.91 Å². The van der Waals surface area contributed by atoms with Gasteiger partial charge in [0.15, 0.2) is 0 Å². The van der Waals surface area contributed by atoms with Gasteiger partial charge in [-0.3, -0.25) is 9.69 Å². The number of hydrogen-bond acceptors (Lipinski definition) is 2. The number of carbonyl (C=O) groups excluding carboxylic acids is 2. The standard InChI is InChI=1S/C9H16N2O2/c1-9(2,3)11-7(12)5-4-6-10-8(11)13/h4-6H2,1-3H3,(H,10,13). The Balaban J connectivity index is 2.88. The van der Waals surface area contributed by atoms with Crippen molar-refractivity contribution in [3.05, 3.63) is 0 Å². The lowest BCUT2D eigenvalue weighted by Gasteiger charge is -2.32. The third kappa shape index (κ3) is 2.20. The number of carbonyl (C=O) groups is 2. The van der Waals surface area contributed by atoms with Crippen LogP contribution >= 0.6 is 0 Å². The Morgan fingerprint density at radius 2 is 1.92 bits per heavy atom. The fraction of sp³-hybridized carbons (Fsp3) is 0.778. The fourth-order valence-electron chi connectivity index (χ4n) is 1.42. The molecule has 1 fully saturated rings. The molecule has 0 aliphatic carbocycles. The first-order valence-corrected chi connectivity index (χ1v) is 4.54. The second-order valence-corrected chi connectivity index (χ2v) is 4.24. The van der Waals surface area contributed by atoms with Gasteiger partial charge in [-0.1, -0.05) is 0 Å². The van der Waals surface area contributed by atoms with E-state index >= 15 is 0 Å². The van der Waals surface area contributed by atoms with E-state index in [2.05, 4.69) is 5.32 Å². The molecule has 0 aromatic carbocycles. The van der Waals surface area contributed by atoms with Gasteiger partial charge in [0, 0.05) is 18.5 Å². The summed E-state index contributed by atoms with van der Waals surface area (Å²) in [6.45, 7) is 6.17. The zero-order valence-electron chi connectivity index (χ0n) is 8.39. The van der Waals surface area contributed by atoms with Crippen molar-refractivity contribution in [2.24, 2.45) is 0 Å². The van der Waals surface area contributed by atoms with Crippen LogP contribution in [0.4, 0.5) is 4.79 Å². The molecule has 4 heteroatoms. The van der Waals surface area contributed by atoms with E-state index in [0.717, 1.165) is 6.42 Å². The summed E-state index contributed by atoms with van der Waals surface area (Å²) in [5, 5.41) is 2.70. The SMILES string of the molecule is CC(C)(C)N1C(=O)CCCNC1=O. The number of imide groups is 1. The highest BCUT2D eigenvalue weighted by Gasteiger charge is 2.33. The molecule has 1 aliphatic heterocycles. The Morgan fingerprint density at radius 3 is 2.46 bits per heavy atom. The second kappa shape index (κ2) is 3.36. The minimum absolute atomic E-state index is 0.0810. The Kier molecular flexibility index (Phi) is 2.59. The van der Waals surface area contributed by atoms with E-state index in [9.17, 15) is 9.59 Å². The van der Waals surface area contributed by atoms with E-state index in [1.807, 2.05) is 20.8 Å². The average Bonchev–Trinajstić information content (AvgIpc) is 2.09. The largest absolute Gasteiger partial charge is 0.338 e. The summed E-state index contributed by atoms with van der Waals surface area (Å²) in [6.07, 6.45) is 1.19. The van der Waals surface area contributed by atoms with E-state index in [-0.39, 0.29) is 11.9 Å². The van der Waals surface area contributed by atoms with E-state index < -0.39 is 5.54 Å². The quantitative estimate of drug-likeness (QED) is 0.613. The van der Waals surface area contributed by atoms with E-state index in [1.165, 1.54) is 4.90 Å². The van der Waals surface area contributed by atoms with Gasteiger partial charge in [-0.2, -0.15) is 0 Å². The van der Waals surface area contributed by atoms with E-state index in [4.69, 9.17) is 0 Å². The Labute approximate surface area is 78.3 Å². The molecule has 0 spiro atoms. The lowest BCUT2D eigenvalue weighted by molar-refractivity contribution is -0.131. The number of urea groups is 1. The number of amides is 3. The first-order valence-electron chi connectivity index (χ1n) is 4.54. The van der Waals surface area contributed by atoms with Crippen LogP contribution in [0.1, 0.15) is 33.6 Å². The Hall–Kier alpha value is -1.06. The highest BCUT2D eigenvalue weighted by molar-refractivity contribution is 5.96. The van der Waals surface area contributed by atoms with Crippen molar-refractivity contribution in [1.82, 2.24) is 10.2 Å². The van der Waals surface area contributed by atoms with Crippen molar-refractivity contribution in [2.45, 2.75) is 39.2 Å². The van der Waals surface area contributed by atoms with Crippen LogP contribution in [-0.2, 0) is 4.79 Å². The number of nitrogens with zero attached hydrogens (tertiary/aromatic N) is 1. The molecule has 0 saturated carbocycles. The van der Waals surface area contributed by atoms with Gasteiger partial charge in [-0.05, 0) is 27.2 Å². The monoisotopic (exact) mass is 184 g/mol. The molecule has 0 aromatic heterocycles. The lowest BCUT2D eigenvalue weighted by atomic mass is 10.1. The van der Waals surface area contributed by atoms with Crippen LogP contribution < -0.4 is 5.32 Å². The van der Waals surface area contributed by atoms with Crippen LogP contribution in [0.5, 0.6) is 0 Å². The molecule has 0 aromatic rings. The van der Waals surface area contributed by atoms with Gasteiger partial charge in [0.25, 0.3) is 0 Å². The highest BCUT2D eigenvalue weighted by atomic mass is 16.2. The van der Waals surface area contributed by atoms with E-state index in [1.54, 1.807) is 0 Å². The molecule has 74 valence electrons. The summed E-state index contributed by atoms with van der Waals surface area (Å²) in [7, 11) is 0. The van der Waals surface area contributed by atoms with Gasteiger partial charge < -0.3 is 5.32 Å². The molecule has 0 unspecified atom stereocenters. The summed E-state index contributed by atoms with van der Waals surface area (Å²) in [4.78, 5) is 24.3. The topological polar surface area (TPSA) is 49.4 Å². The van der Waals surface area contributed by atoms with E-state index in [0.29, 0.717) is 13.0 Å². The molecule has 1 aliphatic rings. The van der Waals surface area contributed by atoms with Gasteiger partial charge in [-0.25, -0.2) is 4.79 Å². The number of hydrogen-bond donors (Lipinski definition) is 1. The van der Waals surface area contributed by atoms with Gasteiger partial charge in [-0.15, -0.1) is 0 Å². The molecule has 1 heterocycles. The third-order valence-corrected chi connectivity index (χ3v) is 1.97. The van der Waals surface area contributed by atoms with Crippen molar-refractivity contribution in [1.29, 1.82) is 0 Å². The molecular weight excluding hydrogens is 168 g/mol. The minimum atomic E-state index is -0.425. The molecule has 1 rings (SSSR count). The summed E-state index contributed by atoms with van der Waals surface area (Å²) >= 11 is 0. The minimum Gasteiger partial charge on any atom is -0.338 e. The van der Waals surface area contributed by atoms with Crippen molar-refractivity contribution in [3.63, 3.8) is 0 Å². The van der Waals surface area contributed by atoms with Crippen LogP contribution in [-0.4, -0.2) is 28.9 Å². The summed E-state index contributed by atoms with van der Waals surface area (Å²) in [5.74, 6) is -0.0810. The lowest BCUT2D eigenvalue weighted by Crippen LogP contribution is -2.51. The van der Waals surface area contributed by atoms with Crippen LogP contribution in [0.2, 0.25) is 0 Å². The predicted octanol–water partition coefficient (Wildman–Crippen LogP) is 1.12. The van der Waals surface area contributed by atoms with Crippen molar-refractivity contribution in [2.75, 3.05) is 6.54 Å². The maximum Gasteiger partial charge on any atom is 0.324 e. The summed E-state index contributed by atoms with van der Waals surface area (Å²) in [6, 6.07) is -0.269. The average molecular weight is 184 g/mol. The predicted molar refractivity (Wildman–Crippen MR) is 49.2 cm³/mol. The summed E-state index contributed by atoms with van der Waals surface area (Å²) < 4.78 is 0. The molecule has 0 bridgehead atoms. The number of nitrogens with one attached hydrogen (secondary N) is 1. The van der Waals surface area contributed by atoms with Gasteiger partial charge in [0.1, 0.15) is 0 Å². The third-order valence-electron chi connectivity index (χ3n) is 1.97. The molecule has 0 atom stereocenters. The highest BCUT2D eigenvalue weighted by Crippen LogP contribution is 2.17. The summed E-state index contributed by atoms with van der Waals surface area (Å²) in [5.41, 5.74) is -0.425. The molecule has 4 nitrogen and oxygen atoms in total. The van der Waals surface area contributed by atoms with Gasteiger partial charge in [0.05, 0.1) is 0 Å². The molecular formula is C9H16N2O2. The Bertz CT molecular complexity index is 212. The maximum atomic E-state index is 11.5. The van der Waals surface area contributed by atoms with Crippen LogP contribution in [0, 0.1) is 0 Å². The zero-order chi connectivity index (χ0) is 10.1. The second-order valence-electron chi connectivity index (χ2n) is 4.24. The van der Waals surface area contributed by atoms with Crippen molar-refractivity contribution < 1.29 is 9.59 Å². The molecule has 0 radical (unpaired) electrons.